The average Bonchev–Trinajstić information content (AvgIpc) is 2.99. The summed E-state index contributed by atoms with van der Waals surface area (Å²) in [6, 6.07) is 6.63. The lowest BCUT2D eigenvalue weighted by Gasteiger charge is -2.37. The summed E-state index contributed by atoms with van der Waals surface area (Å²) < 4.78 is 11.0. The van der Waals surface area contributed by atoms with Crippen LogP contribution in [0.1, 0.15) is 13.3 Å². The number of anilines is 1. The minimum atomic E-state index is 0.305. The average molecular weight is 285 g/mol. The largest absolute Gasteiger partial charge is 0.454 e. The number of hydrogen-bond donors (Lipinski definition) is 1. The molecule has 110 valence electrons. The third kappa shape index (κ3) is 2.08. The van der Waals surface area contributed by atoms with Crippen LogP contribution in [0.3, 0.4) is 0 Å². The quantitative estimate of drug-likeness (QED) is 0.916. The molecule has 2 aliphatic heterocycles. The van der Waals surface area contributed by atoms with Gasteiger partial charge in [0.25, 0.3) is 0 Å². The lowest BCUT2D eigenvalue weighted by Crippen LogP contribution is -2.51. The van der Waals surface area contributed by atoms with E-state index in [2.05, 4.69) is 28.2 Å². The molecule has 0 spiro atoms. The summed E-state index contributed by atoms with van der Waals surface area (Å²) in [5, 5.41) is 5.75. The highest BCUT2D eigenvalue weighted by molar-refractivity contribution is 5.95. The zero-order valence-electron chi connectivity index (χ0n) is 12.1. The molecule has 0 aliphatic carbocycles. The van der Waals surface area contributed by atoms with E-state index >= 15 is 0 Å². The van der Waals surface area contributed by atoms with Crippen molar-refractivity contribution in [2.75, 3.05) is 31.3 Å². The standard InChI is InChI=1S/C16H19N3O2/c1-2-12-9-17-5-6-19(12)16-13-8-15-14(20-10-21-15)7-11(13)3-4-18-16/h3-4,7-8,12,17H,2,5-6,9-10H2,1H3. The molecule has 0 saturated carbocycles. The molecule has 1 aromatic heterocycles. The first kappa shape index (κ1) is 12.7. The first-order valence-corrected chi connectivity index (χ1v) is 7.52. The van der Waals surface area contributed by atoms with Crippen LogP contribution >= 0.6 is 0 Å². The van der Waals surface area contributed by atoms with Crippen LogP contribution in [-0.2, 0) is 0 Å². The third-order valence-corrected chi connectivity index (χ3v) is 4.33. The summed E-state index contributed by atoms with van der Waals surface area (Å²) in [7, 11) is 0. The zero-order chi connectivity index (χ0) is 14.2. The molecule has 1 aromatic carbocycles. The van der Waals surface area contributed by atoms with E-state index in [1.54, 1.807) is 0 Å². The molecule has 5 heteroatoms. The van der Waals surface area contributed by atoms with Gasteiger partial charge in [0.15, 0.2) is 11.5 Å². The molecule has 5 nitrogen and oxygen atoms in total. The summed E-state index contributed by atoms with van der Waals surface area (Å²) in [6.07, 6.45) is 2.99. The summed E-state index contributed by atoms with van der Waals surface area (Å²) >= 11 is 0. The molecule has 1 N–H and O–H groups in total. The van der Waals surface area contributed by atoms with Gasteiger partial charge in [-0.2, -0.15) is 0 Å². The summed E-state index contributed by atoms with van der Waals surface area (Å²) in [5.74, 6) is 2.70. The second-order valence-electron chi connectivity index (χ2n) is 5.52. The van der Waals surface area contributed by atoms with E-state index in [0.717, 1.165) is 54.1 Å². The van der Waals surface area contributed by atoms with Crippen LogP contribution in [0.25, 0.3) is 10.8 Å². The summed E-state index contributed by atoms with van der Waals surface area (Å²) in [5.41, 5.74) is 0. The number of hydrogen-bond acceptors (Lipinski definition) is 5. The van der Waals surface area contributed by atoms with E-state index in [1.165, 1.54) is 0 Å². The molecule has 0 bridgehead atoms. The maximum atomic E-state index is 5.52. The van der Waals surface area contributed by atoms with Crippen LogP contribution in [-0.4, -0.2) is 37.5 Å². The van der Waals surface area contributed by atoms with Crippen molar-refractivity contribution in [2.24, 2.45) is 0 Å². The first-order chi connectivity index (χ1) is 10.4. The third-order valence-electron chi connectivity index (χ3n) is 4.33. The molecule has 3 heterocycles. The van der Waals surface area contributed by atoms with Crippen LogP contribution in [0.15, 0.2) is 24.4 Å². The zero-order valence-corrected chi connectivity index (χ0v) is 12.1. The van der Waals surface area contributed by atoms with Gasteiger partial charge in [0.2, 0.25) is 6.79 Å². The van der Waals surface area contributed by atoms with E-state index in [0.29, 0.717) is 12.8 Å². The Morgan fingerprint density at radius 1 is 1.33 bits per heavy atom. The van der Waals surface area contributed by atoms with Crippen molar-refractivity contribution in [3.05, 3.63) is 24.4 Å². The number of rotatable bonds is 2. The number of fused-ring (bicyclic) bond motifs is 2. The van der Waals surface area contributed by atoms with E-state index in [4.69, 9.17) is 9.47 Å². The molecule has 0 amide bonds. The number of aromatic nitrogens is 1. The van der Waals surface area contributed by atoms with Gasteiger partial charge in [-0.15, -0.1) is 0 Å². The minimum absolute atomic E-state index is 0.305. The van der Waals surface area contributed by atoms with Crippen molar-refractivity contribution in [3.63, 3.8) is 0 Å². The van der Waals surface area contributed by atoms with Gasteiger partial charge in [-0.1, -0.05) is 6.92 Å². The second-order valence-corrected chi connectivity index (χ2v) is 5.52. The van der Waals surface area contributed by atoms with Crippen molar-refractivity contribution < 1.29 is 9.47 Å². The SMILES string of the molecule is CCC1CNCCN1c1nccc2cc3c(cc12)OCO3. The highest BCUT2D eigenvalue weighted by Gasteiger charge is 2.24. The van der Waals surface area contributed by atoms with Crippen LogP contribution in [0.2, 0.25) is 0 Å². The molecular formula is C16H19N3O2. The molecule has 4 rings (SSSR count). The normalized spacial score (nSPS) is 21.0. The van der Waals surface area contributed by atoms with E-state index in [9.17, 15) is 0 Å². The molecule has 1 fully saturated rings. The van der Waals surface area contributed by atoms with Gasteiger partial charge >= 0.3 is 0 Å². The first-order valence-electron chi connectivity index (χ1n) is 7.52. The van der Waals surface area contributed by atoms with Gasteiger partial charge in [0.05, 0.1) is 0 Å². The monoisotopic (exact) mass is 285 g/mol. The Morgan fingerprint density at radius 3 is 3.05 bits per heavy atom. The Balaban J connectivity index is 1.84. The number of nitrogens with one attached hydrogen (secondary N) is 1. The van der Waals surface area contributed by atoms with Crippen molar-refractivity contribution in [2.45, 2.75) is 19.4 Å². The number of benzene rings is 1. The lowest BCUT2D eigenvalue weighted by atomic mass is 10.1. The fourth-order valence-electron chi connectivity index (χ4n) is 3.18. The summed E-state index contributed by atoms with van der Waals surface area (Å²) in [6.45, 7) is 5.53. The minimum Gasteiger partial charge on any atom is -0.454 e. The second kappa shape index (κ2) is 5.07. The molecule has 1 unspecified atom stereocenters. The topological polar surface area (TPSA) is 46.6 Å². The smallest absolute Gasteiger partial charge is 0.231 e. The Morgan fingerprint density at radius 2 is 2.19 bits per heavy atom. The van der Waals surface area contributed by atoms with Crippen LogP contribution < -0.4 is 19.7 Å². The molecule has 1 saturated heterocycles. The molecule has 2 aliphatic rings. The van der Waals surface area contributed by atoms with E-state index in [-0.39, 0.29) is 0 Å². The summed E-state index contributed by atoms with van der Waals surface area (Å²) in [4.78, 5) is 7.07. The number of pyridine rings is 1. The fraction of sp³-hybridized carbons (Fsp3) is 0.438. The highest BCUT2D eigenvalue weighted by atomic mass is 16.7. The number of piperazine rings is 1. The van der Waals surface area contributed by atoms with Gasteiger partial charge in [-0.25, -0.2) is 4.98 Å². The van der Waals surface area contributed by atoms with Gasteiger partial charge in [0.1, 0.15) is 5.82 Å². The Kier molecular flexibility index (Phi) is 3.07. The van der Waals surface area contributed by atoms with Crippen LogP contribution in [0, 0.1) is 0 Å². The van der Waals surface area contributed by atoms with Gasteiger partial charge in [0, 0.05) is 37.3 Å². The predicted octanol–water partition coefficient (Wildman–Crippen LogP) is 2.15. The highest BCUT2D eigenvalue weighted by Crippen LogP contribution is 2.39. The van der Waals surface area contributed by atoms with E-state index in [1.807, 2.05) is 18.3 Å². The van der Waals surface area contributed by atoms with Gasteiger partial charge < -0.3 is 19.7 Å². The Labute approximate surface area is 123 Å². The molecule has 0 radical (unpaired) electrons. The molecule has 2 aromatic rings. The lowest BCUT2D eigenvalue weighted by molar-refractivity contribution is 0.174. The van der Waals surface area contributed by atoms with Gasteiger partial charge in [-0.05, 0) is 30.0 Å². The van der Waals surface area contributed by atoms with Crippen molar-refractivity contribution in [1.29, 1.82) is 0 Å². The number of ether oxygens (including phenoxy) is 2. The van der Waals surface area contributed by atoms with Crippen LogP contribution in [0.5, 0.6) is 11.5 Å². The Bertz CT molecular complexity index is 674. The molecule has 21 heavy (non-hydrogen) atoms. The Hall–Kier alpha value is -2.01. The predicted molar refractivity (Wildman–Crippen MR) is 82.2 cm³/mol. The fourth-order valence-corrected chi connectivity index (χ4v) is 3.18. The maximum Gasteiger partial charge on any atom is 0.231 e. The van der Waals surface area contributed by atoms with Crippen LogP contribution in [0.4, 0.5) is 5.82 Å². The molecular weight excluding hydrogens is 266 g/mol. The van der Waals surface area contributed by atoms with Gasteiger partial charge in [-0.3, -0.25) is 0 Å². The van der Waals surface area contributed by atoms with Crippen molar-refractivity contribution in [3.8, 4) is 11.5 Å². The van der Waals surface area contributed by atoms with Crippen molar-refractivity contribution >= 4 is 16.6 Å². The van der Waals surface area contributed by atoms with Crippen molar-refractivity contribution in [1.82, 2.24) is 10.3 Å². The number of nitrogens with zero attached hydrogens (tertiary/aromatic N) is 2. The molecule has 1 atom stereocenters. The van der Waals surface area contributed by atoms with E-state index < -0.39 is 0 Å². The maximum absolute atomic E-state index is 5.52.